The minimum atomic E-state index is -0.264. The number of ketones is 1. The molecular weight excluding hydrogens is 360 g/mol. The summed E-state index contributed by atoms with van der Waals surface area (Å²) in [5, 5.41) is 0. The van der Waals surface area contributed by atoms with Crippen LogP contribution in [-0.4, -0.2) is 17.4 Å². The molecule has 164 valence electrons. The second-order valence-corrected chi connectivity index (χ2v) is 11.8. The Labute approximate surface area is 177 Å². The zero-order valence-corrected chi connectivity index (χ0v) is 19.4. The Morgan fingerprint density at radius 1 is 0.897 bits per heavy atom. The van der Waals surface area contributed by atoms with Gasteiger partial charge in [0.25, 0.3) is 0 Å². The Hall–Kier alpha value is -0.860. The summed E-state index contributed by atoms with van der Waals surface area (Å²) >= 11 is 0. The molecule has 3 heteroatoms. The van der Waals surface area contributed by atoms with Gasteiger partial charge in [-0.25, -0.2) is 0 Å². The van der Waals surface area contributed by atoms with Gasteiger partial charge in [0.2, 0.25) is 0 Å². The molecule has 0 unspecified atom stereocenters. The maximum Gasteiger partial charge on any atom is 0.306 e. The van der Waals surface area contributed by atoms with Gasteiger partial charge in [-0.2, -0.15) is 0 Å². The van der Waals surface area contributed by atoms with Crippen LogP contribution in [0.2, 0.25) is 0 Å². The molecule has 4 fully saturated rings. The van der Waals surface area contributed by atoms with Crippen molar-refractivity contribution in [1.82, 2.24) is 0 Å². The molecule has 0 heterocycles. The van der Waals surface area contributed by atoms with Gasteiger partial charge in [-0.3, -0.25) is 9.59 Å². The Kier molecular flexibility index (Phi) is 5.44. The van der Waals surface area contributed by atoms with Crippen molar-refractivity contribution < 1.29 is 14.3 Å². The van der Waals surface area contributed by atoms with Crippen molar-refractivity contribution in [3.05, 3.63) is 0 Å². The summed E-state index contributed by atoms with van der Waals surface area (Å²) in [6.07, 6.45) is 12.1. The SMILES string of the molecule is CCCC(=O)O[C@]1(C)CC[C@@]2(C)[C@@H](CC[C@@H]3[C@@H]2CC[C@]2(C)[C@@H](C(C)=O)CC[C@@H]32)C1. The van der Waals surface area contributed by atoms with Crippen LogP contribution in [-0.2, 0) is 14.3 Å². The number of carbonyl (C=O) groups excluding carboxylic acids is 2. The fourth-order valence-electron chi connectivity index (χ4n) is 8.71. The van der Waals surface area contributed by atoms with Crippen LogP contribution in [0.1, 0.15) is 105 Å². The van der Waals surface area contributed by atoms with E-state index in [4.69, 9.17) is 4.74 Å². The van der Waals surface area contributed by atoms with Crippen molar-refractivity contribution in [2.75, 3.05) is 0 Å². The summed E-state index contributed by atoms with van der Waals surface area (Å²) in [7, 11) is 0. The maximum absolute atomic E-state index is 12.3. The van der Waals surface area contributed by atoms with E-state index in [-0.39, 0.29) is 17.0 Å². The van der Waals surface area contributed by atoms with Crippen LogP contribution in [0, 0.1) is 40.4 Å². The molecule has 4 saturated carbocycles. The maximum atomic E-state index is 12.3. The second kappa shape index (κ2) is 7.38. The number of rotatable bonds is 4. The van der Waals surface area contributed by atoms with E-state index >= 15 is 0 Å². The van der Waals surface area contributed by atoms with Crippen molar-refractivity contribution in [2.45, 2.75) is 111 Å². The van der Waals surface area contributed by atoms with Gasteiger partial charge in [-0.1, -0.05) is 20.8 Å². The number of esters is 1. The van der Waals surface area contributed by atoms with Crippen molar-refractivity contribution in [3.63, 3.8) is 0 Å². The van der Waals surface area contributed by atoms with Gasteiger partial charge in [0.15, 0.2) is 0 Å². The topological polar surface area (TPSA) is 43.4 Å². The Morgan fingerprint density at radius 3 is 2.31 bits per heavy atom. The third kappa shape index (κ3) is 3.39. The average Bonchev–Trinajstić information content (AvgIpc) is 3.00. The minimum absolute atomic E-state index is 0.0121. The number of fused-ring (bicyclic) bond motifs is 5. The molecule has 0 N–H and O–H groups in total. The molecule has 3 nitrogen and oxygen atoms in total. The second-order valence-electron chi connectivity index (χ2n) is 11.8. The molecule has 0 aromatic heterocycles. The molecule has 4 aliphatic carbocycles. The zero-order chi connectivity index (χ0) is 21.0. The molecular formula is C26H42O3. The first-order valence-electron chi connectivity index (χ1n) is 12.4. The lowest BCUT2D eigenvalue weighted by Crippen LogP contribution is -2.56. The molecule has 4 rings (SSSR count). The number of hydrogen-bond acceptors (Lipinski definition) is 3. The predicted octanol–water partition coefficient (Wildman–Crippen LogP) is 6.34. The standard InChI is InChI=1S/C26H42O3/c1-6-7-23(28)29-24(3)14-15-25(4)18(16-24)8-9-19-21-11-10-20(17(2)27)26(21,5)13-12-22(19)25/h18-22H,6-16H2,1-5H3/t18-,19-,20+,21-,22-,24+,25-,26+/m0/s1. The summed E-state index contributed by atoms with van der Waals surface area (Å²) in [4.78, 5) is 24.5. The van der Waals surface area contributed by atoms with E-state index in [1.54, 1.807) is 0 Å². The lowest BCUT2D eigenvalue weighted by atomic mass is 9.44. The largest absolute Gasteiger partial charge is 0.459 e. The molecule has 0 saturated heterocycles. The van der Waals surface area contributed by atoms with Gasteiger partial charge in [0.1, 0.15) is 11.4 Å². The van der Waals surface area contributed by atoms with E-state index in [0.717, 1.165) is 43.4 Å². The van der Waals surface area contributed by atoms with Crippen LogP contribution in [0.25, 0.3) is 0 Å². The van der Waals surface area contributed by atoms with Crippen molar-refractivity contribution in [3.8, 4) is 0 Å². The third-order valence-electron chi connectivity index (χ3n) is 10.2. The molecule has 0 aliphatic heterocycles. The molecule has 0 bridgehead atoms. The quantitative estimate of drug-likeness (QED) is 0.516. The van der Waals surface area contributed by atoms with E-state index < -0.39 is 0 Å². The molecule has 4 aliphatic rings. The van der Waals surface area contributed by atoms with E-state index in [2.05, 4.69) is 20.8 Å². The van der Waals surface area contributed by atoms with Crippen LogP contribution in [0.3, 0.4) is 0 Å². The predicted molar refractivity (Wildman–Crippen MR) is 115 cm³/mol. The first kappa shape index (κ1) is 21.4. The summed E-state index contributed by atoms with van der Waals surface area (Å²) in [6, 6.07) is 0. The lowest BCUT2D eigenvalue weighted by Gasteiger charge is -2.62. The molecule has 0 radical (unpaired) electrons. The van der Waals surface area contributed by atoms with Crippen LogP contribution < -0.4 is 0 Å². The van der Waals surface area contributed by atoms with Crippen LogP contribution in [0.5, 0.6) is 0 Å². The fourth-order valence-corrected chi connectivity index (χ4v) is 8.71. The van der Waals surface area contributed by atoms with Crippen molar-refractivity contribution in [2.24, 2.45) is 40.4 Å². The van der Waals surface area contributed by atoms with E-state index in [0.29, 0.717) is 29.5 Å². The molecule has 0 spiro atoms. The third-order valence-corrected chi connectivity index (χ3v) is 10.2. The molecule has 0 amide bonds. The fraction of sp³-hybridized carbons (Fsp3) is 0.923. The van der Waals surface area contributed by atoms with Gasteiger partial charge in [-0.15, -0.1) is 0 Å². The highest BCUT2D eigenvalue weighted by molar-refractivity contribution is 5.79. The highest BCUT2D eigenvalue weighted by Gasteiger charge is 2.61. The van der Waals surface area contributed by atoms with Gasteiger partial charge < -0.3 is 4.74 Å². The Balaban J connectivity index is 1.51. The first-order chi connectivity index (χ1) is 13.6. The summed E-state index contributed by atoms with van der Waals surface area (Å²) < 4.78 is 6.00. The van der Waals surface area contributed by atoms with Gasteiger partial charge in [-0.05, 0) is 113 Å². The highest BCUT2D eigenvalue weighted by atomic mass is 16.6. The number of hydrogen-bond donors (Lipinski definition) is 0. The van der Waals surface area contributed by atoms with Crippen molar-refractivity contribution >= 4 is 11.8 Å². The van der Waals surface area contributed by atoms with Crippen molar-refractivity contribution in [1.29, 1.82) is 0 Å². The molecule has 8 atom stereocenters. The summed E-state index contributed by atoms with van der Waals surface area (Å²) in [6.45, 7) is 11.0. The number of Topliss-reactive ketones (excluding diaryl/α,β-unsaturated/α-hetero) is 1. The normalized spacial score (nSPS) is 48.9. The molecule has 29 heavy (non-hydrogen) atoms. The number of carbonyl (C=O) groups is 2. The lowest BCUT2D eigenvalue weighted by molar-refractivity contribution is -0.181. The van der Waals surface area contributed by atoms with Gasteiger partial charge in [0, 0.05) is 12.3 Å². The van der Waals surface area contributed by atoms with Crippen LogP contribution >= 0.6 is 0 Å². The van der Waals surface area contributed by atoms with E-state index in [1.807, 2.05) is 13.8 Å². The summed E-state index contributed by atoms with van der Waals surface area (Å²) in [5.41, 5.74) is 0.365. The Bertz CT molecular complexity index is 671. The first-order valence-corrected chi connectivity index (χ1v) is 12.4. The Morgan fingerprint density at radius 2 is 1.62 bits per heavy atom. The smallest absolute Gasteiger partial charge is 0.306 e. The highest BCUT2D eigenvalue weighted by Crippen LogP contribution is 2.68. The van der Waals surface area contributed by atoms with Gasteiger partial charge >= 0.3 is 5.97 Å². The van der Waals surface area contributed by atoms with E-state index in [1.165, 1.54) is 38.5 Å². The molecule has 0 aromatic carbocycles. The summed E-state index contributed by atoms with van der Waals surface area (Å²) in [5.74, 6) is 3.71. The minimum Gasteiger partial charge on any atom is -0.459 e. The van der Waals surface area contributed by atoms with E-state index in [9.17, 15) is 9.59 Å². The molecule has 0 aromatic rings. The number of ether oxygens (including phenoxy) is 1. The monoisotopic (exact) mass is 402 g/mol. The average molecular weight is 403 g/mol. The van der Waals surface area contributed by atoms with Crippen LogP contribution in [0.4, 0.5) is 0 Å². The van der Waals surface area contributed by atoms with Gasteiger partial charge in [0.05, 0.1) is 0 Å². The van der Waals surface area contributed by atoms with Crippen LogP contribution in [0.15, 0.2) is 0 Å². The zero-order valence-electron chi connectivity index (χ0n) is 19.4.